The van der Waals surface area contributed by atoms with E-state index in [9.17, 15) is 4.39 Å². The lowest BCUT2D eigenvalue weighted by Gasteiger charge is -2.07. The van der Waals surface area contributed by atoms with Crippen LogP contribution in [0.1, 0.15) is 23.9 Å². The molecule has 0 fully saturated rings. The Bertz CT molecular complexity index is 563. The maximum absolute atomic E-state index is 12.8. The maximum atomic E-state index is 12.8. The number of halogens is 2. The van der Waals surface area contributed by atoms with Gasteiger partial charge in [-0.05, 0) is 44.5 Å². The quantitative estimate of drug-likeness (QED) is 0.829. The van der Waals surface area contributed by atoms with E-state index in [1.54, 1.807) is 0 Å². The minimum Gasteiger partial charge on any atom is -0.311 e. The minimum absolute atomic E-state index is 0.198. The summed E-state index contributed by atoms with van der Waals surface area (Å²) in [6, 6.07) is 6.60. The Morgan fingerprint density at radius 2 is 2.00 bits per heavy atom. The van der Waals surface area contributed by atoms with Gasteiger partial charge in [-0.15, -0.1) is 0 Å². The lowest BCUT2D eigenvalue weighted by Crippen LogP contribution is -2.19. The Balaban J connectivity index is 1.85. The van der Waals surface area contributed by atoms with Gasteiger partial charge < -0.3 is 5.32 Å². The van der Waals surface area contributed by atoms with Gasteiger partial charge in [0.25, 0.3) is 0 Å². The molecule has 2 aromatic rings. The summed E-state index contributed by atoms with van der Waals surface area (Å²) in [5.74, 6) is -0.198. The van der Waals surface area contributed by atoms with Crippen molar-refractivity contribution in [2.75, 3.05) is 6.54 Å². The normalized spacial score (nSPS) is 11.0. The van der Waals surface area contributed by atoms with Gasteiger partial charge in [-0.1, -0.05) is 23.7 Å². The van der Waals surface area contributed by atoms with Crippen molar-refractivity contribution in [3.8, 4) is 0 Å². The van der Waals surface area contributed by atoms with Crippen LogP contribution >= 0.6 is 11.6 Å². The van der Waals surface area contributed by atoms with Crippen molar-refractivity contribution in [1.29, 1.82) is 0 Å². The highest BCUT2D eigenvalue weighted by atomic mass is 35.5. The number of hydrogen-bond acceptors (Lipinski definition) is 2. The van der Waals surface area contributed by atoms with E-state index in [1.807, 2.05) is 30.7 Å². The molecule has 108 valence electrons. The van der Waals surface area contributed by atoms with Crippen LogP contribution in [0.25, 0.3) is 0 Å². The SMILES string of the molecule is CCn1nc(C)c(Cl)c1CNCCc1ccc(F)cc1. The highest BCUT2D eigenvalue weighted by molar-refractivity contribution is 6.31. The Labute approximate surface area is 123 Å². The average Bonchev–Trinajstić information content (AvgIpc) is 2.72. The van der Waals surface area contributed by atoms with E-state index >= 15 is 0 Å². The average molecular weight is 296 g/mol. The van der Waals surface area contributed by atoms with Crippen LogP contribution in [0.15, 0.2) is 24.3 Å². The number of benzene rings is 1. The molecule has 0 amide bonds. The predicted octanol–water partition coefficient (Wildman–Crippen LogP) is 3.34. The van der Waals surface area contributed by atoms with Gasteiger partial charge in [-0.2, -0.15) is 5.10 Å². The Morgan fingerprint density at radius 3 is 2.65 bits per heavy atom. The Kier molecular flexibility index (Phi) is 5.15. The molecule has 0 radical (unpaired) electrons. The van der Waals surface area contributed by atoms with Gasteiger partial charge in [0.15, 0.2) is 0 Å². The van der Waals surface area contributed by atoms with E-state index in [0.717, 1.165) is 41.5 Å². The van der Waals surface area contributed by atoms with Crippen LogP contribution < -0.4 is 5.32 Å². The summed E-state index contributed by atoms with van der Waals surface area (Å²) in [6.45, 7) is 6.27. The third-order valence-electron chi connectivity index (χ3n) is 3.25. The first kappa shape index (κ1) is 15.0. The van der Waals surface area contributed by atoms with Gasteiger partial charge in [-0.25, -0.2) is 4.39 Å². The van der Waals surface area contributed by atoms with Gasteiger partial charge in [0, 0.05) is 13.1 Å². The molecule has 2 rings (SSSR count). The van der Waals surface area contributed by atoms with E-state index in [1.165, 1.54) is 12.1 Å². The Morgan fingerprint density at radius 1 is 1.30 bits per heavy atom. The van der Waals surface area contributed by atoms with Crippen LogP contribution in [0, 0.1) is 12.7 Å². The van der Waals surface area contributed by atoms with Gasteiger partial charge in [-0.3, -0.25) is 4.68 Å². The molecule has 1 heterocycles. The van der Waals surface area contributed by atoms with Gasteiger partial charge >= 0.3 is 0 Å². The Hall–Kier alpha value is -1.39. The second-order valence-corrected chi connectivity index (χ2v) is 5.09. The minimum atomic E-state index is -0.198. The summed E-state index contributed by atoms with van der Waals surface area (Å²) in [7, 11) is 0. The summed E-state index contributed by atoms with van der Waals surface area (Å²) in [5.41, 5.74) is 3.00. The summed E-state index contributed by atoms with van der Waals surface area (Å²) >= 11 is 6.24. The van der Waals surface area contributed by atoms with Crippen LogP contribution in [0.5, 0.6) is 0 Å². The lowest BCUT2D eigenvalue weighted by molar-refractivity contribution is 0.579. The third kappa shape index (κ3) is 3.58. The largest absolute Gasteiger partial charge is 0.311 e. The van der Waals surface area contributed by atoms with Crippen molar-refractivity contribution < 1.29 is 4.39 Å². The van der Waals surface area contributed by atoms with Crippen LogP contribution in [0.3, 0.4) is 0 Å². The summed E-state index contributed by atoms with van der Waals surface area (Å²) in [5, 5.41) is 8.47. The fourth-order valence-corrected chi connectivity index (χ4v) is 2.33. The smallest absolute Gasteiger partial charge is 0.123 e. The molecular formula is C15H19ClFN3. The van der Waals surface area contributed by atoms with E-state index < -0.39 is 0 Å². The highest BCUT2D eigenvalue weighted by Crippen LogP contribution is 2.19. The topological polar surface area (TPSA) is 29.9 Å². The highest BCUT2D eigenvalue weighted by Gasteiger charge is 2.11. The molecule has 1 aromatic heterocycles. The standard InChI is InChI=1S/C15H19ClFN3/c1-3-20-14(15(16)11(2)19-20)10-18-9-8-12-4-6-13(17)7-5-12/h4-7,18H,3,8-10H2,1-2H3. The van der Waals surface area contributed by atoms with Gasteiger partial charge in [0.05, 0.1) is 16.4 Å². The molecule has 0 aliphatic carbocycles. The second kappa shape index (κ2) is 6.86. The van der Waals surface area contributed by atoms with Crippen molar-refractivity contribution in [3.63, 3.8) is 0 Å². The molecule has 3 nitrogen and oxygen atoms in total. The van der Waals surface area contributed by atoms with Crippen molar-refractivity contribution in [2.24, 2.45) is 0 Å². The number of aryl methyl sites for hydroxylation is 2. The zero-order chi connectivity index (χ0) is 14.5. The van der Waals surface area contributed by atoms with Crippen LogP contribution in [0.4, 0.5) is 4.39 Å². The third-order valence-corrected chi connectivity index (χ3v) is 3.74. The molecule has 0 saturated heterocycles. The second-order valence-electron chi connectivity index (χ2n) is 4.72. The molecule has 1 N–H and O–H groups in total. The molecule has 5 heteroatoms. The summed E-state index contributed by atoms with van der Waals surface area (Å²) in [4.78, 5) is 0. The fraction of sp³-hybridized carbons (Fsp3) is 0.400. The number of nitrogens with one attached hydrogen (secondary N) is 1. The van der Waals surface area contributed by atoms with E-state index in [0.29, 0.717) is 6.54 Å². The first-order valence-electron chi connectivity index (χ1n) is 6.78. The van der Waals surface area contributed by atoms with Crippen molar-refractivity contribution in [2.45, 2.75) is 33.4 Å². The van der Waals surface area contributed by atoms with Crippen molar-refractivity contribution in [3.05, 3.63) is 52.1 Å². The van der Waals surface area contributed by atoms with Crippen LogP contribution in [0.2, 0.25) is 5.02 Å². The zero-order valence-corrected chi connectivity index (χ0v) is 12.5. The molecule has 0 aliphatic heterocycles. The fourth-order valence-electron chi connectivity index (χ4n) is 2.13. The first-order valence-corrected chi connectivity index (χ1v) is 7.16. The van der Waals surface area contributed by atoms with E-state index in [-0.39, 0.29) is 5.82 Å². The first-order chi connectivity index (χ1) is 9.61. The molecule has 0 spiro atoms. The molecule has 0 saturated carbocycles. The molecule has 0 unspecified atom stereocenters. The number of rotatable bonds is 6. The number of hydrogen-bond donors (Lipinski definition) is 1. The lowest BCUT2D eigenvalue weighted by atomic mass is 10.1. The summed E-state index contributed by atoms with van der Waals surface area (Å²) in [6.07, 6.45) is 0.858. The monoisotopic (exact) mass is 295 g/mol. The number of aromatic nitrogens is 2. The molecule has 0 bridgehead atoms. The van der Waals surface area contributed by atoms with E-state index in [4.69, 9.17) is 11.6 Å². The molecule has 1 aromatic carbocycles. The molecular weight excluding hydrogens is 277 g/mol. The van der Waals surface area contributed by atoms with Crippen molar-refractivity contribution >= 4 is 11.6 Å². The van der Waals surface area contributed by atoms with Crippen LogP contribution in [-0.4, -0.2) is 16.3 Å². The van der Waals surface area contributed by atoms with E-state index in [2.05, 4.69) is 10.4 Å². The predicted molar refractivity (Wildman–Crippen MR) is 79.5 cm³/mol. The van der Waals surface area contributed by atoms with Gasteiger partial charge in [0.1, 0.15) is 5.82 Å². The zero-order valence-electron chi connectivity index (χ0n) is 11.8. The van der Waals surface area contributed by atoms with Crippen molar-refractivity contribution in [1.82, 2.24) is 15.1 Å². The number of nitrogens with zero attached hydrogens (tertiary/aromatic N) is 2. The molecule has 20 heavy (non-hydrogen) atoms. The van der Waals surface area contributed by atoms with Gasteiger partial charge in [0.2, 0.25) is 0 Å². The molecule has 0 atom stereocenters. The maximum Gasteiger partial charge on any atom is 0.123 e. The summed E-state index contributed by atoms with van der Waals surface area (Å²) < 4.78 is 14.7. The molecule has 0 aliphatic rings. The van der Waals surface area contributed by atoms with Crippen LogP contribution in [-0.2, 0) is 19.5 Å².